The average molecular weight is 412 g/mol. The van der Waals surface area contributed by atoms with E-state index in [9.17, 15) is 13.6 Å². The highest BCUT2D eigenvalue weighted by atomic mass is 32.1. The van der Waals surface area contributed by atoms with Crippen molar-refractivity contribution >= 4 is 22.9 Å². The first-order chi connectivity index (χ1) is 14.1. The third-order valence-corrected chi connectivity index (χ3v) is 5.31. The van der Waals surface area contributed by atoms with Crippen LogP contribution >= 0.6 is 11.3 Å². The molecule has 1 amide bonds. The highest BCUT2D eigenvalue weighted by Gasteiger charge is 2.18. The third-order valence-electron chi connectivity index (χ3n) is 4.20. The number of halogens is 2. The Kier molecular flexibility index (Phi) is 5.09. The maximum absolute atomic E-state index is 13.8. The van der Waals surface area contributed by atoms with Crippen LogP contribution in [0.4, 0.5) is 14.5 Å². The minimum absolute atomic E-state index is 0.290. The largest absolute Gasteiger partial charge is 0.481 e. The highest BCUT2D eigenvalue weighted by Crippen LogP contribution is 2.36. The number of thiophene rings is 1. The minimum atomic E-state index is -0.839. The maximum Gasteiger partial charge on any atom is 0.265 e. The number of hydrogen-bond donors (Lipinski definition) is 1. The lowest BCUT2D eigenvalue weighted by Gasteiger charge is -2.08. The van der Waals surface area contributed by atoms with Gasteiger partial charge in [0, 0.05) is 22.2 Å². The molecule has 146 valence electrons. The van der Waals surface area contributed by atoms with E-state index in [0.29, 0.717) is 16.3 Å². The highest BCUT2D eigenvalue weighted by molar-refractivity contribution is 7.17. The van der Waals surface area contributed by atoms with E-state index in [1.54, 1.807) is 30.9 Å². The lowest BCUT2D eigenvalue weighted by atomic mass is 10.1. The molecule has 5 nitrogen and oxygen atoms in total. The molecular formula is C21H14F2N2O3S. The molecule has 0 radical (unpaired) electrons. The molecule has 0 aliphatic rings. The van der Waals surface area contributed by atoms with Crippen molar-refractivity contribution in [1.82, 2.24) is 4.98 Å². The quantitative estimate of drug-likeness (QED) is 0.463. The maximum atomic E-state index is 13.8. The fourth-order valence-electron chi connectivity index (χ4n) is 2.78. The van der Waals surface area contributed by atoms with Gasteiger partial charge in [0.25, 0.3) is 5.91 Å². The molecule has 4 rings (SSSR count). The smallest absolute Gasteiger partial charge is 0.265 e. The van der Waals surface area contributed by atoms with Gasteiger partial charge in [0.05, 0.1) is 30.1 Å². The number of furan rings is 1. The average Bonchev–Trinajstić information content (AvgIpc) is 3.42. The van der Waals surface area contributed by atoms with Gasteiger partial charge in [-0.25, -0.2) is 13.8 Å². The van der Waals surface area contributed by atoms with E-state index < -0.39 is 23.2 Å². The van der Waals surface area contributed by atoms with Crippen LogP contribution in [0.5, 0.6) is 5.88 Å². The molecule has 0 spiro atoms. The predicted octanol–water partition coefficient (Wildman–Crippen LogP) is 5.61. The number of carbonyl (C=O) groups excluding carboxylic acids is 1. The molecule has 1 N–H and O–H groups in total. The standard InChI is InChI=1S/C21H14F2N2O3S/c1-27-21-14(9-13(10-24-21)12-7-8-28-11-12)17-5-6-18(29-17)20(26)25-19-15(22)3-2-4-16(19)23/h2-11H,1H3,(H,25,26). The minimum Gasteiger partial charge on any atom is -0.481 e. The van der Waals surface area contributed by atoms with Crippen LogP contribution in [0.2, 0.25) is 0 Å². The van der Waals surface area contributed by atoms with E-state index in [2.05, 4.69) is 10.3 Å². The topological polar surface area (TPSA) is 64.4 Å². The molecule has 0 atom stereocenters. The van der Waals surface area contributed by atoms with E-state index in [1.807, 2.05) is 12.1 Å². The van der Waals surface area contributed by atoms with Crippen molar-refractivity contribution in [3.8, 4) is 27.4 Å². The molecule has 0 saturated heterocycles. The second-order valence-corrected chi connectivity index (χ2v) is 7.09. The zero-order valence-electron chi connectivity index (χ0n) is 15.1. The second kappa shape index (κ2) is 7.84. The summed E-state index contributed by atoms with van der Waals surface area (Å²) >= 11 is 1.16. The molecule has 29 heavy (non-hydrogen) atoms. The Morgan fingerprint density at radius 2 is 1.93 bits per heavy atom. The Morgan fingerprint density at radius 1 is 1.14 bits per heavy atom. The number of para-hydroxylation sites is 1. The number of hydrogen-bond acceptors (Lipinski definition) is 5. The summed E-state index contributed by atoms with van der Waals surface area (Å²) in [7, 11) is 1.51. The van der Waals surface area contributed by atoms with E-state index in [-0.39, 0.29) is 0 Å². The van der Waals surface area contributed by atoms with Crippen molar-refractivity contribution in [1.29, 1.82) is 0 Å². The number of methoxy groups -OCH3 is 1. The SMILES string of the molecule is COc1ncc(-c2ccoc2)cc1-c1ccc(C(=O)Nc2c(F)cccc2F)s1. The van der Waals surface area contributed by atoms with Crippen molar-refractivity contribution in [2.45, 2.75) is 0 Å². The summed E-state index contributed by atoms with van der Waals surface area (Å²) in [6.45, 7) is 0. The lowest BCUT2D eigenvalue weighted by molar-refractivity contribution is 0.102. The van der Waals surface area contributed by atoms with Gasteiger partial charge in [0.1, 0.15) is 17.3 Å². The Hall–Kier alpha value is -3.52. The fraction of sp³-hybridized carbons (Fsp3) is 0.0476. The number of aromatic nitrogens is 1. The molecule has 4 aromatic rings. The summed E-state index contributed by atoms with van der Waals surface area (Å²) in [6, 6.07) is 10.4. The first-order valence-electron chi connectivity index (χ1n) is 8.49. The van der Waals surface area contributed by atoms with Gasteiger partial charge in [-0.15, -0.1) is 11.3 Å². The molecule has 0 saturated carbocycles. The summed E-state index contributed by atoms with van der Waals surface area (Å²) in [5, 5.41) is 2.28. The van der Waals surface area contributed by atoms with Gasteiger partial charge in [0.15, 0.2) is 0 Å². The van der Waals surface area contributed by atoms with Gasteiger partial charge in [0.2, 0.25) is 5.88 Å². The molecule has 3 aromatic heterocycles. The second-order valence-electron chi connectivity index (χ2n) is 6.01. The zero-order chi connectivity index (χ0) is 20.4. The van der Waals surface area contributed by atoms with Gasteiger partial charge in [-0.1, -0.05) is 6.07 Å². The Balaban J connectivity index is 1.65. The van der Waals surface area contributed by atoms with Gasteiger partial charge >= 0.3 is 0 Å². The van der Waals surface area contributed by atoms with E-state index in [4.69, 9.17) is 9.15 Å². The number of nitrogens with one attached hydrogen (secondary N) is 1. The predicted molar refractivity (Wildman–Crippen MR) is 106 cm³/mol. The molecule has 8 heteroatoms. The molecule has 0 aliphatic heterocycles. The molecule has 0 bridgehead atoms. The molecule has 1 aromatic carbocycles. The fourth-order valence-corrected chi connectivity index (χ4v) is 3.68. The van der Waals surface area contributed by atoms with Crippen LogP contribution < -0.4 is 10.1 Å². The van der Waals surface area contributed by atoms with Gasteiger partial charge in [-0.2, -0.15) is 0 Å². The van der Waals surface area contributed by atoms with Crippen molar-refractivity contribution < 1.29 is 22.7 Å². The molecular weight excluding hydrogens is 398 g/mol. The number of nitrogens with zero attached hydrogens (tertiary/aromatic N) is 1. The number of amides is 1. The molecule has 0 unspecified atom stereocenters. The van der Waals surface area contributed by atoms with Gasteiger partial charge in [-0.3, -0.25) is 4.79 Å². The Bertz CT molecular complexity index is 1150. The van der Waals surface area contributed by atoms with Crippen LogP contribution in [0.15, 0.2) is 65.6 Å². The van der Waals surface area contributed by atoms with Crippen molar-refractivity contribution in [3.05, 3.63) is 77.7 Å². The first-order valence-corrected chi connectivity index (χ1v) is 9.30. The van der Waals surface area contributed by atoms with Crippen LogP contribution in [0.1, 0.15) is 9.67 Å². The molecule has 3 heterocycles. The van der Waals surface area contributed by atoms with Gasteiger partial charge in [-0.05, 0) is 36.4 Å². The zero-order valence-corrected chi connectivity index (χ0v) is 15.9. The van der Waals surface area contributed by atoms with Gasteiger partial charge < -0.3 is 14.5 Å². The number of rotatable bonds is 5. The number of carbonyl (C=O) groups is 1. The summed E-state index contributed by atoms with van der Waals surface area (Å²) in [5.74, 6) is -1.89. The lowest BCUT2D eigenvalue weighted by Crippen LogP contribution is -2.12. The van der Waals surface area contributed by atoms with E-state index in [0.717, 1.165) is 39.5 Å². The van der Waals surface area contributed by atoms with Crippen LogP contribution in [0.25, 0.3) is 21.6 Å². The Morgan fingerprint density at radius 3 is 2.62 bits per heavy atom. The normalized spacial score (nSPS) is 10.7. The van der Waals surface area contributed by atoms with Crippen LogP contribution in [-0.4, -0.2) is 18.0 Å². The van der Waals surface area contributed by atoms with Crippen LogP contribution in [-0.2, 0) is 0 Å². The molecule has 0 aliphatic carbocycles. The molecule has 0 fully saturated rings. The van der Waals surface area contributed by atoms with Crippen molar-refractivity contribution in [2.75, 3.05) is 12.4 Å². The van der Waals surface area contributed by atoms with E-state index >= 15 is 0 Å². The number of benzene rings is 1. The summed E-state index contributed by atoms with van der Waals surface area (Å²) in [4.78, 5) is 17.8. The summed E-state index contributed by atoms with van der Waals surface area (Å²) < 4.78 is 38.0. The van der Waals surface area contributed by atoms with Crippen molar-refractivity contribution in [2.24, 2.45) is 0 Å². The third kappa shape index (κ3) is 3.74. The monoisotopic (exact) mass is 412 g/mol. The number of ether oxygens (including phenoxy) is 1. The van der Waals surface area contributed by atoms with Crippen LogP contribution in [0, 0.1) is 11.6 Å². The number of pyridine rings is 1. The first kappa shape index (κ1) is 18.8. The number of anilines is 1. The summed E-state index contributed by atoms with van der Waals surface area (Å²) in [5.41, 5.74) is 1.88. The van der Waals surface area contributed by atoms with Crippen LogP contribution in [0.3, 0.4) is 0 Å². The van der Waals surface area contributed by atoms with E-state index in [1.165, 1.54) is 13.2 Å². The Labute approximate surface area is 168 Å². The summed E-state index contributed by atoms with van der Waals surface area (Å²) in [6.07, 6.45) is 4.83. The van der Waals surface area contributed by atoms with Crippen molar-refractivity contribution in [3.63, 3.8) is 0 Å².